The minimum Gasteiger partial charge on any atom is -0.293 e. The van der Waals surface area contributed by atoms with E-state index in [-0.39, 0.29) is 5.78 Å². The molecule has 19 heavy (non-hydrogen) atoms. The van der Waals surface area contributed by atoms with Crippen LogP contribution in [-0.2, 0) is 5.75 Å². The van der Waals surface area contributed by atoms with Crippen molar-refractivity contribution in [2.45, 2.75) is 5.75 Å². The summed E-state index contributed by atoms with van der Waals surface area (Å²) in [6.07, 6.45) is 0. The monoisotopic (exact) mass is 291 g/mol. The van der Waals surface area contributed by atoms with Gasteiger partial charge in [0.25, 0.3) is 0 Å². The Hall–Kier alpha value is -1.29. The lowest BCUT2D eigenvalue weighted by molar-refractivity contribution is 0.0998. The molecule has 0 amide bonds. The molecule has 2 rings (SSSR count). The SMILES string of the molecule is O=C(CNSCc1ccccc1)c1ccc(Cl)cc1. The van der Waals surface area contributed by atoms with Gasteiger partial charge in [0, 0.05) is 16.3 Å². The lowest BCUT2D eigenvalue weighted by Gasteiger charge is -2.04. The zero-order valence-corrected chi connectivity index (χ0v) is 11.9. The van der Waals surface area contributed by atoms with E-state index in [0.717, 1.165) is 5.75 Å². The van der Waals surface area contributed by atoms with Crippen LogP contribution in [0.1, 0.15) is 15.9 Å². The second-order valence-electron chi connectivity index (χ2n) is 4.03. The number of nitrogens with one attached hydrogen (secondary N) is 1. The van der Waals surface area contributed by atoms with E-state index in [4.69, 9.17) is 11.6 Å². The van der Waals surface area contributed by atoms with Crippen LogP contribution in [0.15, 0.2) is 54.6 Å². The molecule has 2 aromatic carbocycles. The van der Waals surface area contributed by atoms with Gasteiger partial charge in [0.2, 0.25) is 0 Å². The highest BCUT2D eigenvalue weighted by Crippen LogP contribution is 2.11. The third-order valence-electron chi connectivity index (χ3n) is 2.58. The Bertz CT molecular complexity index is 528. The Balaban J connectivity index is 1.74. The highest BCUT2D eigenvalue weighted by Gasteiger charge is 2.04. The van der Waals surface area contributed by atoms with Crippen molar-refractivity contribution in [3.05, 3.63) is 70.7 Å². The van der Waals surface area contributed by atoms with Crippen molar-refractivity contribution in [2.24, 2.45) is 0 Å². The zero-order valence-electron chi connectivity index (χ0n) is 10.3. The van der Waals surface area contributed by atoms with E-state index in [2.05, 4.69) is 16.9 Å². The molecule has 0 fully saturated rings. The van der Waals surface area contributed by atoms with E-state index in [1.54, 1.807) is 24.3 Å². The van der Waals surface area contributed by atoms with Crippen LogP contribution in [0.4, 0.5) is 0 Å². The fraction of sp³-hybridized carbons (Fsp3) is 0.133. The van der Waals surface area contributed by atoms with Crippen molar-refractivity contribution >= 4 is 29.3 Å². The highest BCUT2D eigenvalue weighted by atomic mass is 35.5. The molecule has 0 aliphatic heterocycles. The van der Waals surface area contributed by atoms with Gasteiger partial charge < -0.3 is 0 Å². The predicted molar refractivity (Wildman–Crippen MR) is 81.5 cm³/mol. The van der Waals surface area contributed by atoms with Crippen LogP contribution in [0.25, 0.3) is 0 Å². The Morgan fingerprint density at radius 1 is 1.05 bits per heavy atom. The average Bonchev–Trinajstić information content (AvgIpc) is 2.45. The van der Waals surface area contributed by atoms with Crippen LogP contribution in [0.2, 0.25) is 5.02 Å². The Morgan fingerprint density at radius 2 is 1.74 bits per heavy atom. The molecule has 0 bridgehead atoms. The maximum atomic E-state index is 11.8. The minimum absolute atomic E-state index is 0.0669. The number of carbonyl (C=O) groups is 1. The van der Waals surface area contributed by atoms with Gasteiger partial charge in [0.05, 0.1) is 6.54 Å². The fourth-order valence-corrected chi connectivity index (χ4v) is 2.38. The molecule has 0 radical (unpaired) electrons. The number of rotatable bonds is 6. The van der Waals surface area contributed by atoms with E-state index >= 15 is 0 Å². The summed E-state index contributed by atoms with van der Waals surface area (Å²) in [5.41, 5.74) is 1.91. The third kappa shape index (κ3) is 4.71. The van der Waals surface area contributed by atoms with Crippen molar-refractivity contribution in [2.75, 3.05) is 6.54 Å². The van der Waals surface area contributed by atoms with Crippen LogP contribution in [0.5, 0.6) is 0 Å². The molecule has 0 aliphatic rings. The Kier molecular flexibility index (Phi) is 5.45. The van der Waals surface area contributed by atoms with E-state index in [1.807, 2.05) is 18.2 Å². The summed E-state index contributed by atoms with van der Waals surface area (Å²) in [4.78, 5) is 11.8. The second-order valence-corrected chi connectivity index (χ2v) is 5.33. The second kappa shape index (κ2) is 7.34. The first-order chi connectivity index (χ1) is 9.25. The summed E-state index contributed by atoms with van der Waals surface area (Å²) in [5, 5.41) is 0.642. The molecule has 0 unspecified atom stereocenters. The number of ketones is 1. The van der Waals surface area contributed by atoms with Crippen LogP contribution in [0.3, 0.4) is 0 Å². The van der Waals surface area contributed by atoms with Gasteiger partial charge in [0.15, 0.2) is 5.78 Å². The van der Waals surface area contributed by atoms with Crippen LogP contribution in [0, 0.1) is 0 Å². The first-order valence-electron chi connectivity index (χ1n) is 5.93. The van der Waals surface area contributed by atoms with Gasteiger partial charge in [-0.1, -0.05) is 53.9 Å². The quantitative estimate of drug-likeness (QED) is 0.496. The number of carbonyl (C=O) groups excluding carboxylic acids is 1. The van der Waals surface area contributed by atoms with E-state index in [9.17, 15) is 4.79 Å². The predicted octanol–water partition coefficient (Wildman–Crippen LogP) is 3.96. The van der Waals surface area contributed by atoms with Crippen molar-refractivity contribution in [3.8, 4) is 0 Å². The number of Topliss-reactive ketones (excluding diaryl/α,β-unsaturated/α-hetero) is 1. The van der Waals surface area contributed by atoms with E-state index in [0.29, 0.717) is 17.1 Å². The summed E-state index contributed by atoms with van der Waals surface area (Å²) in [5.74, 6) is 0.909. The summed E-state index contributed by atoms with van der Waals surface area (Å²) in [6.45, 7) is 0.319. The van der Waals surface area contributed by atoms with Crippen LogP contribution in [-0.4, -0.2) is 12.3 Å². The van der Waals surface area contributed by atoms with Crippen molar-refractivity contribution in [1.82, 2.24) is 4.72 Å². The average molecular weight is 292 g/mol. The van der Waals surface area contributed by atoms with Crippen molar-refractivity contribution < 1.29 is 4.79 Å². The molecule has 0 saturated heterocycles. The van der Waals surface area contributed by atoms with Gasteiger partial charge in [0.1, 0.15) is 0 Å². The molecule has 0 saturated carbocycles. The maximum absolute atomic E-state index is 11.8. The summed E-state index contributed by atoms with van der Waals surface area (Å²) in [7, 11) is 0. The maximum Gasteiger partial charge on any atom is 0.177 e. The molecular weight excluding hydrogens is 278 g/mol. The van der Waals surface area contributed by atoms with Gasteiger partial charge >= 0.3 is 0 Å². The van der Waals surface area contributed by atoms with Crippen LogP contribution >= 0.6 is 23.5 Å². The molecule has 4 heteroatoms. The molecule has 0 aliphatic carbocycles. The summed E-state index contributed by atoms with van der Waals surface area (Å²) in [6, 6.07) is 17.1. The third-order valence-corrected chi connectivity index (χ3v) is 3.66. The fourth-order valence-electron chi connectivity index (χ4n) is 1.56. The minimum atomic E-state index is 0.0669. The molecule has 2 aromatic rings. The molecule has 1 N–H and O–H groups in total. The lowest BCUT2D eigenvalue weighted by atomic mass is 10.1. The molecule has 0 heterocycles. The van der Waals surface area contributed by atoms with E-state index < -0.39 is 0 Å². The molecule has 0 atom stereocenters. The van der Waals surface area contributed by atoms with E-state index in [1.165, 1.54) is 17.5 Å². The van der Waals surface area contributed by atoms with Crippen LogP contribution < -0.4 is 4.72 Å². The van der Waals surface area contributed by atoms with Gasteiger partial charge in [-0.15, -0.1) is 0 Å². The molecular formula is C15H14ClNOS. The zero-order chi connectivity index (χ0) is 13.5. The van der Waals surface area contributed by atoms with Gasteiger partial charge in [-0.25, -0.2) is 0 Å². The number of halogens is 1. The number of hydrogen-bond donors (Lipinski definition) is 1. The van der Waals surface area contributed by atoms with Gasteiger partial charge in [-0.3, -0.25) is 9.52 Å². The highest BCUT2D eigenvalue weighted by molar-refractivity contribution is 7.96. The van der Waals surface area contributed by atoms with Gasteiger partial charge in [-0.05, 0) is 29.8 Å². The normalized spacial score (nSPS) is 10.4. The molecule has 0 aromatic heterocycles. The standard InChI is InChI=1S/C15H14ClNOS/c16-14-8-6-13(7-9-14)15(18)10-17-19-11-12-4-2-1-3-5-12/h1-9,17H,10-11H2. The topological polar surface area (TPSA) is 29.1 Å². The Morgan fingerprint density at radius 3 is 2.42 bits per heavy atom. The molecule has 0 spiro atoms. The number of hydrogen-bond acceptors (Lipinski definition) is 3. The first kappa shape index (κ1) is 14.1. The first-order valence-corrected chi connectivity index (χ1v) is 7.29. The smallest absolute Gasteiger partial charge is 0.177 e. The largest absolute Gasteiger partial charge is 0.293 e. The summed E-state index contributed by atoms with van der Waals surface area (Å²) < 4.78 is 3.08. The van der Waals surface area contributed by atoms with Crippen molar-refractivity contribution in [3.63, 3.8) is 0 Å². The summed E-state index contributed by atoms with van der Waals surface area (Å²) >= 11 is 7.32. The lowest BCUT2D eigenvalue weighted by Crippen LogP contribution is -2.17. The number of benzene rings is 2. The molecule has 2 nitrogen and oxygen atoms in total. The van der Waals surface area contributed by atoms with Crippen molar-refractivity contribution in [1.29, 1.82) is 0 Å². The molecule has 98 valence electrons. The Labute approximate surface area is 122 Å². The van der Waals surface area contributed by atoms with Gasteiger partial charge in [-0.2, -0.15) is 0 Å².